The van der Waals surface area contributed by atoms with Gasteiger partial charge in [0.25, 0.3) is 0 Å². The van der Waals surface area contributed by atoms with Crippen molar-refractivity contribution in [3.05, 3.63) is 43.8 Å². The second kappa shape index (κ2) is 4.06. The van der Waals surface area contributed by atoms with Crippen LogP contribution < -0.4 is 16.3 Å². The Hall–Kier alpha value is -1.29. The molecule has 1 aliphatic rings. The lowest BCUT2D eigenvalue weighted by atomic mass is 10.2. The number of fused-ring (bicyclic) bond motifs is 1. The van der Waals surface area contributed by atoms with E-state index in [4.69, 9.17) is 0 Å². The van der Waals surface area contributed by atoms with Gasteiger partial charge >= 0.3 is 0 Å². The molecule has 0 radical (unpaired) electrons. The van der Waals surface area contributed by atoms with E-state index in [1.807, 2.05) is 12.3 Å². The summed E-state index contributed by atoms with van der Waals surface area (Å²) >= 11 is 1.61. The fraction of sp³-hybridized carbons (Fsp3) is 0.273. The number of hydrogen-bond acceptors (Lipinski definition) is 3. The van der Waals surface area contributed by atoms with Gasteiger partial charge in [0.2, 0.25) is 5.56 Å². The summed E-state index contributed by atoms with van der Waals surface area (Å²) in [6.07, 6.45) is 4.97. The lowest BCUT2D eigenvalue weighted by Gasteiger charge is -1.99. The van der Waals surface area contributed by atoms with Gasteiger partial charge in [-0.25, -0.2) is 4.99 Å². The van der Waals surface area contributed by atoms with Crippen molar-refractivity contribution in [2.45, 2.75) is 13.3 Å². The fourth-order valence-electron chi connectivity index (χ4n) is 1.50. The molecule has 4 heteroatoms. The van der Waals surface area contributed by atoms with Crippen molar-refractivity contribution in [1.29, 1.82) is 0 Å². The third kappa shape index (κ3) is 2.04. The first-order valence-corrected chi connectivity index (χ1v) is 5.95. The van der Waals surface area contributed by atoms with Crippen molar-refractivity contribution in [3.63, 3.8) is 0 Å². The Kier molecular flexibility index (Phi) is 2.77. The Morgan fingerprint density at radius 3 is 3.00 bits per heavy atom. The molecule has 3 nitrogen and oxygen atoms in total. The molecule has 0 aliphatic carbocycles. The van der Waals surface area contributed by atoms with Crippen molar-refractivity contribution in [3.8, 4) is 0 Å². The summed E-state index contributed by atoms with van der Waals surface area (Å²) in [5.74, 6) is 0. The summed E-state index contributed by atoms with van der Waals surface area (Å²) in [5.41, 5.74) is 1.80. The minimum atomic E-state index is -0.106. The first-order valence-electron chi connectivity index (χ1n) is 4.72. The van der Waals surface area contributed by atoms with Crippen LogP contribution in [-0.2, 0) is 0 Å². The molecule has 78 valence electrons. The number of aromatic amines is 1. The van der Waals surface area contributed by atoms with Crippen LogP contribution in [0.3, 0.4) is 0 Å². The van der Waals surface area contributed by atoms with Crippen molar-refractivity contribution in [2.24, 2.45) is 4.99 Å². The van der Waals surface area contributed by atoms with E-state index in [0.29, 0.717) is 5.49 Å². The zero-order valence-corrected chi connectivity index (χ0v) is 9.52. The Bertz CT molecular complexity index is 583. The van der Waals surface area contributed by atoms with Gasteiger partial charge in [-0.15, -0.1) is 11.8 Å². The maximum absolute atomic E-state index is 11.2. The first kappa shape index (κ1) is 10.2. The summed E-state index contributed by atoms with van der Waals surface area (Å²) in [6, 6.07) is 3.35. The predicted molar refractivity (Wildman–Crippen MR) is 63.1 cm³/mol. The molecule has 0 saturated carbocycles. The third-order valence-corrected chi connectivity index (χ3v) is 3.16. The van der Waals surface area contributed by atoms with Crippen molar-refractivity contribution in [1.82, 2.24) is 4.98 Å². The second-order valence-corrected chi connectivity index (χ2v) is 4.23. The molecule has 1 aromatic rings. The number of hydrogen-bond donors (Lipinski definition) is 1. The number of rotatable bonds is 1. The van der Waals surface area contributed by atoms with Crippen LogP contribution in [0.4, 0.5) is 0 Å². The van der Waals surface area contributed by atoms with Crippen LogP contribution in [0.1, 0.15) is 13.3 Å². The maximum atomic E-state index is 11.2. The largest absolute Gasteiger partial charge is 0.307 e. The van der Waals surface area contributed by atoms with Gasteiger partial charge in [-0.1, -0.05) is 6.08 Å². The quantitative estimate of drug-likeness (QED) is 0.760. The molecular weight excluding hydrogens is 208 g/mol. The highest BCUT2D eigenvalue weighted by molar-refractivity contribution is 8.02. The highest BCUT2D eigenvalue weighted by atomic mass is 32.2. The minimum Gasteiger partial charge on any atom is -0.307 e. The van der Waals surface area contributed by atoms with E-state index >= 15 is 0 Å². The molecule has 0 fully saturated rings. The van der Waals surface area contributed by atoms with E-state index in [1.165, 1.54) is 11.6 Å². The Balaban J connectivity index is 2.75. The predicted octanol–water partition coefficient (Wildman–Crippen LogP) is 0.773. The van der Waals surface area contributed by atoms with Gasteiger partial charge in [0, 0.05) is 11.3 Å². The van der Waals surface area contributed by atoms with Gasteiger partial charge in [0.1, 0.15) is 5.49 Å². The molecule has 0 unspecified atom stereocenters. The Labute approximate surface area is 91.6 Å². The molecule has 0 spiro atoms. The van der Waals surface area contributed by atoms with Crippen LogP contribution in [0.2, 0.25) is 0 Å². The summed E-state index contributed by atoms with van der Waals surface area (Å²) in [7, 11) is 0. The van der Waals surface area contributed by atoms with Crippen LogP contribution in [0.15, 0.2) is 32.5 Å². The zero-order chi connectivity index (χ0) is 10.8. The number of nitrogens with one attached hydrogen (secondary N) is 1. The van der Waals surface area contributed by atoms with Crippen LogP contribution >= 0.6 is 11.8 Å². The summed E-state index contributed by atoms with van der Waals surface area (Å²) in [5, 5.41) is 1.99. The van der Waals surface area contributed by atoms with Gasteiger partial charge in [-0.05, 0) is 31.2 Å². The SMILES string of the molecule is CSC1=C(C)CC=c2ccc(=O)[nH]c2=N1. The molecule has 2 heterocycles. The highest BCUT2D eigenvalue weighted by Gasteiger charge is 2.02. The lowest BCUT2D eigenvalue weighted by molar-refractivity contribution is 1.07. The number of nitrogens with zero attached hydrogens (tertiary/aromatic N) is 1. The lowest BCUT2D eigenvalue weighted by Crippen LogP contribution is -2.33. The molecule has 1 aliphatic heterocycles. The zero-order valence-electron chi connectivity index (χ0n) is 8.70. The molecule has 0 atom stereocenters. The van der Waals surface area contributed by atoms with Gasteiger partial charge in [0.15, 0.2) is 0 Å². The molecule has 1 aromatic heterocycles. The van der Waals surface area contributed by atoms with Crippen LogP contribution in [0.25, 0.3) is 6.08 Å². The average Bonchev–Trinajstić information content (AvgIpc) is 2.38. The van der Waals surface area contributed by atoms with Crippen molar-refractivity contribution in [2.75, 3.05) is 6.26 Å². The Morgan fingerprint density at radius 1 is 1.47 bits per heavy atom. The van der Waals surface area contributed by atoms with Crippen LogP contribution in [0, 0.1) is 0 Å². The van der Waals surface area contributed by atoms with Crippen LogP contribution in [-0.4, -0.2) is 11.2 Å². The molecule has 0 aromatic carbocycles. The number of thioether (sulfide) groups is 1. The van der Waals surface area contributed by atoms with Crippen molar-refractivity contribution < 1.29 is 0 Å². The second-order valence-electron chi connectivity index (χ2n) is 3.44. The van der Waals surface area contributed by atoms with E-state index in [9.17, 15) is 4.79 Å². The molecule has 2 rings (SSSR count). The van der Waals surface area contributed by atoms with E-state index in [-0.39, 0.29) is 5.56 Å². The van der Waals surface area contributed by atoms with Crippen molar-refractivity contribution >= 4 is 17.8 Å². The first-order chi connectivity index (χ1) is 7.20. The number of aromatic nitrogens is 1. The summed E-state index contributed by atoms with van der Waals surface area (Å²) < 4.78 is 0. The van der Waals surface area contributed by atoms with E-state index in [0.717, 1.165) is 16.7 Å². The van der Waals surface area contributed by atoms with Crippen LogP contribution in [0.5, 0.6) is 0 Å². The van der Waals surface area contributed by atoms with E-state index in [2.05, 4.69) is 23.0 Å². The van der Waals surface area contributed by atoms with Gasteiger partial charge in [0.05, 0.1) is 5.03 Å². The molecular formula is C11H12N2OS. The summed E-state index contributed by atoms with van der Waals surface area (Å²) in [4.78, 5) is 18.4. The van der Waals surface area contributed by atoms with E-state index < -0.39 is 0 Å². The molecule has 0 saturated heterocycles. The molecule has 0 bridgehead atoms. The average molecular weight is 220 g/mol. The topological polar surface area (TPSA) is 45.2 Å². The monoisotopic (exact) mass is 220 g/mol. The molecule has 1 N–H and O–H groups in total. The molecule has 15 heavy (non-hydrogen) atoms. The molecule has 0 amide bonds. The van der Waals surface area contributed by atoms with E-state index in [1.54, 1.807) is 11.8 Å². The van der Waals surface area contributed by atoms with Gasteiger partial charge in [-0.2, -0.15) is 0 Å². The fourth-order valence-corrected chi connectivity index (χ4v) is 2.11. The normalized spacial score (nSPS) is 15.1. The number of pyridine rings is 1. The standard InChI is InChI=1S/C11H12N2OS/c1-7-3-4-8-5-6-9(14)12-10(8)13-11(7)15-2/h4-6H,3H2,1-2H3,(H,12,13,14). The highest BCUT2D eigenvalue weighted by Crippen LogP contribution is 2.20. The number of H-pyrrole nitrogens is 1. The van der Waals surface area contributed by atoms with Gasteiger partial charge < -0.3 is 4.98 Å². The smallest absolute Gasteiger partial charge is 0.249 e. The maximum Gasteiger partial charge on any atom is 0.249 e. The Morgan fingerprint density at radius 2 is 2.27 bits per heavy atom. The minimum absolute atomic E-state index is 0.106. The summed E-state index contributed by atoms with van der Waals surface area (Å²) in [6.45, 7) is 2.07. The number of allylic oxidation sites excluding steroid dienone is 1. The van der Waals surface area contributed by atoms with Gasteiger partial charge in [-0.3, -0.25) is 4.79 Å². The third-order valence-electron chi connectivity index (χ3n) is 2.33.